The highest BCUT2D eigenvalue weighted by Crippen LogP contribution is 2.35. The van der Waals surface area contributed by atoms with Gasteiger partial charge >= 0.3 is 0 Å². The third-order valence-electron chi connectivity index (χ3n) is 4.16. The Morgan fingerprint density at radius 3 is 2.30 bits per heavy atom. The van der Waals surface area contributed by atoms with Gasteiger partial charge in [0.2, 0.25) is 0 Å². The van der Waals surface area contributed by atoms with Crippen molar-refractivity contribution in [3.8, 4) is 11.4 Å². The standard InChI is InChI=1S/C20H12N2S/c1-2-6-14-11-21-17(9-13(14)5-1)18-10-20-16(12-22-18)15-7-3-4-8-19(15)23-20/h1-12H. The predicted molar refractivity (Wildman–Crippen MR) is 97.9 cm³/mol. The molecule has 0 saturated carbocycles. The van der Waals surface area contributed by atoms with E-state index in [1.54, 1.807) is 11.3 Å². The number of hydrogen-bond acceptors (Lipinski definition) is 3. The van der Waals surface area contributed by atoms with Gasteiger partial charge in [-0.05, 0) is 23.6 Å². The van der Waals surface area contributed by atoms with Gasteiger partial charge in [0.1, 0.15) is 0 Å². The number of nitrogens with zero attached hydrogens (tertiary/aromatic N) is 2. The molecule has 0 aliphatic rings. The van der Waals surface area contributed by atoms with Crippen LogP contribution in [0.2, 0.25) is 0 Å². The molecular formula is C20H12N2S. The maximum absolute atomic E-state index is 4.65. The fourth-order valence-electron chi connectivity index (χ4n) is 2.98. The van der Waals surface area contributed by atoms with Crippen LogP contribution in [0.1, 0.15) is 0 Å². The zero-order valence-electron chi connectivity index (χ0n) is 12.2. The van der Waals surface area contributed by atoms with E-state index in [1.165, 1.54) is 25.6 Å². The summed E-state index contributed by atoms with van der Waals surface area (Å²) in [6.07, 6.45) is 3.89. The Morgan fingerprint density at radius 1 is 0.609 bits per heavy atom. The van der Waals surface area contributed by atoms with Crippen molar-refractivity contribution in [1.82, 2.24) is 9.97 Å². The molecule has 0 aliphatic heterocycles. The minimum absolute atomic E-state index is 0.919. The summed E-state index contributed by atoms with van der Waals surface area (Å²) in [5, 5.41) is 4.84. The van der Waals surface area contributed by atoms with E-state index in [4.69, 9.17) is 0 Å². The Bertz CT molecular complexity index is 1170. The molecule has 0 saturated heterocycles. The Morgan fingerprint density at radius 2 is 1.35 bits per heavy atom. The monoisotopic (exact) mass is 312 g/mol. The van der Waals surface area contributed by atoms with Gasteiger partial charge in [-0.15, -0.1) is 11.3 Å². The zero-order chi connectivity index (χ0) is 15.2. The van der Waals surface area contributed by atoms with E-state index in [0.717, 1.165) is 16.8 Å². The van der Waals surface area contributed by atoms with Crippen molar-refractivity contribution in [3.05, 3.63) is 73.1 Å². The van der Waals surface area contributed by atoms with Crippen LogP contribution in [-0.4, -0.2) is 9.97 Å². The summed E-state index contributed by atoms with van der Waals surface area (Å²) in [7, 11) is 0. The van der Waals surface area contributed by atoms with Gasteiger partial charge in [-0.25, -0.2) is 0 Å². The van der Waals surface area contributed by atoms with Crippen LogP contribution in [0.25, 0.3) is 42.3 Å². The van der Waals surface area contributed by atoms with Gasteiger partial charge in [-0.3, -0.25) is 9.97 Å². The highest BCUT2D eigenvalue weighted by Gasteiger charge is 2.08. The lowest BCUT2D eigenvalue weighted by atomic mass is 10.1. The van der Waals surface area contributed by atoms with Crippen LogP contribution in [0, 0.1) is 0 Å². The van der Waals surface area contributed by atoms with Crippen molar-refractivity contribution >= 4 is 42.3 Å². The van der Waals surface area contributed by atoms with E-state index < -0.39 is 0 Å². The first-order valence-electron chi connectivity index (χ1n) is 7.51. The maximum Gasteiger partial charge on any atom is 0.0900 e. The first kappa shape index (κ1) is 12.7. The topological polar surface area (TPSA) is 25.8 Å². The lowest BCUT2D eigenvalue weighted by Gasteiger charge is -2.03. The number of aromatic nitrogens is 2. The van der Waals surface area contributed by atoms with Crippen LogP contribution in [0.4, 0.5) is 0 Å². The predicted octanol–water partition coefficient (Wildman–Crippen LogP) is 5.66. The molecule has 0 amide bonds. The van der Waals surface area contributed by atoms with Crippen LogP contribution in [0.5, 0.6) is 0 Å². The summed E-state index contributed by atoms with van der Waals surface area (Å²) in [5.74, 6) is 0. The van der Waals surface area contributed by atoms with E-state index in [9.17, 15) is 0 Å². The normalized spacial score (nSPS) is 11.5. The molecule has 108 valence electrons. The summed E-state index contributed by atoms with van der Waals surface area (Å²) in [5.41, 5.74) is 1.85. The van der Waals surface area contributed by atoms with Gasteiger partial charge in [0.25, 0.3) is 0 Å². The minimum atomic E-state index is 0.919. The molecule has 0 fully saturated rings. The molecule has 0 atom stereocenters. The molecule has 0 aliphatic carbocycles. The fraction of sp³-hybridized carbons (Fsp3) is 0. The summed E-state index contributed by atoms with van der Waals surface area (Å²) in [6, 6.07) is 21.0. The summed E-state index contributed by atoms with van der Waals surface area (Å²) in [4.78, 5) is 9.23. The Hall–Kier alpha value is -2.78. The number of thiophene rings is 1. The van der Waals surface area contributed by atoms with Crippen LogP contribution in [0.15, 0.2) is 73.1 Å². The fourth-order valence-corrected chi connectivity index (χ4v) is 4.10. The van der Waals surface area contributed by atoms with Crippen LogP contribution in [0.3, 0.4) is 0 Å². The number of hydrogen-bond donors (Lipinski definition) is 0. The van der Waals surface area contributed by atoms with E-state index in [1.807, 2.05) is 18.5 Å². The van der Waals surface area contributed by atoms with E-state index in [-0.39, 0.29) is 0 Å². The van der Waals surface area contributed by atoms with Gasteiger partial charge < -0.3 is 0 Å². The van der Waals surface area contributed by atoms with Gasteiger partial charge in [0.05, 0.1) is 11.4 Å². The number of fused-ring (bicyclic) bond motifs is 4. The van der Waals surface area contributed by atoms with Gasteiger partial charge in [0, 0.05) is 38.0 Å². The zero-order valence-corrected chi connectivity index (χ0v) is 13.0. The molecule has 3 heteroatoms. The van der Waals surface area contributed by atoms with Crippen LogP contribution < -0.4 is 0 Å². The molecule has 2 nitrogen and oxygen atoms in total. The Balaban J connectivity index is 1.73. The molecule has 0 spiro atoms. The smallest absolute Gasteiger partial charge is 0.0900 e. The lowest BCUT2D eigenvalue weighted by molar-refractivity contribution is 1.28. The molecule has 2 aromatic carbocycles. The molecule has 0 unspecified atom stereocenters. The average molecular weight is 312 g/mol. The van der Waals surface area contributed by atoms with Crippen LogP contribution in [-0.2, 0) is 0 Å². The second kappa shape index (κ2) is 4.86. The Labute approximate surface area is 137 Å². The molecule has 3 heterocycles. The third kappa shape index (κ3) is 2.01. The summed E-state index contributed by atoms with van der Waals surface area (Å²) >= 11 is 1.81. The first-order valence-corrected chi connectivity index (χ1v) is 8.33. The highest BCUT2D eigenvalue weighted by molar-refractivity contribution is 7.25. The van der Waals surface area contributed by atoms with Crippen molar-refractivity contribution in [1.29, 1.82) is 0 Å². The number of rotatable bonds is 1. The summed E-state index contributed by atoms with van der Waals surface area (Å²) in [6.45, 7) is 0. The van der Waals surface area contributed by atoms with Gasteiger partial charge in [-0.2, -0.15) is 0 Å². The molecule has 23 heavy (non-hydrogen) atoms. The van der Waals surface area contributed by atoms with Crippen molar-refractivity contribution < 1.29 is 0 Å². The molecule has 5 rings (SSSR count). The van der Waals surface area contributed by atoms with Crippen LogP contribution >= 0.6 is 11.3 Å². The van der Waals surface area contributed by atoms with E-state index in [0.29, 0.717) is 0 Å². The molecular weight excluding hydrogens is 300 g/mol. The first-order chi connectivity index (χ1) is 11.4. The lowest BCUT2D eigenvalue weighted by Crippen LogP contribution is -1.87. The highest BCUT2D eigenvalue weighted by atomic mass is 32.1. The SMILES string of the molecule is c1ccc2cc(-c3cc4sc5ccccc5c4cn3)ncc2c1. The van der Waals surface area contributed by atoms with Crippen molar-refractivity contribution in [2.45, 2.75) is 0 Å². The van der Waals surface area contributed by atoms with Gasteiger partial charge in [0.15, 0.2) is 0 Å². The summed E-state index contributed by atoms with van der Waals surface area (Å²) < 4.78 is 2.55. The molecule has 0 radical (unpaired) electrons. The van der Waals surface area contributed by atoms with Crippen molar-refractivity contribution in [2.24, 2.45) is 0 Å². The third-order valence-corrected chi connectivity index (χ3v) is 5.29. The number of benzene rings is 2. The molecule has 0 N–H and O–H groups in total. The molecule has 0 bridgehead atoms. The van der Waals surface area contributed by atoms with Crippen molar-refractivity contribution in [3.63, 3.8) is 0 Å². The van der Waals surface area contributed by atoms with E-state index >= 15 is 0 Å². The van der Waals surface area contributed by atoms with E-state index in [2.05, 4.69) is 64.6 Å². The second-order valence-corrected chi connectivity index (χ2v) is 6.66. The average Bonchev–Trinajstić information content (AvgIpc) is 2.99. The molecule has 3 aromatic heterocycles. The minimum Gasteiger partial charge on any atom is -0.254 e. The van der Waals surface area contributed by atoms with Gasteiger partial charge in [-0.1, -0.05) is 42.5 Å². The maximum atomic E-state index is 4.65. The van der Waals surface area contributed by atoms with Crippen molar-refractivity contribution in [2.75, 3.05) is 0 Å². The Kier molecular flexibility index (Phi) is 2.69. The number of pyridine rings is 2. The quantitative estimate of drug-likeness (QED) is 0.399. The second-order valence-electron chi connectivity index (χ2n) is 5.58. The largest absolute Gasteiger partial charge is 0.254 e. The molecule has 5 aromatic rings.